The maximum absolute atomic E-state index is 11.5. The Bertz CT molecular complexity index is 350. The van der Waals surface area contributed by atoms with Crippen molar-refractivity contribution in [3.05, 3.63) is 0 Å². The Morgan fingerprint density at radius 2 is 2.12 bits per heavy atom. The van der Waals surface area contributed by atoms with Crippen molar-refractivity contribution >= 4 is 9.84 Å². The molecule has 0 amide bonds. The maximum Gasteiger partial charge on any atom is 0.151 e. The van der Waals surface area contributed by atoms with Crippen LogP contribution in [-0.4, -0.2) is 64.2 Å². The van der Waals surface area contributed by atoms with Gasteiger partial charge >= 0.3 is 0 Å². The highest BCUT2D eigenvalue weighted by molar-refractivity contribution is 7.91. The summed E-state index contributed by atoms with van der Waals surface area (Å²) in [5.41, 5.74) is 5.90. The van der Waals surface area contributed by atoms with Crippen molar-refractivity contribution in [2.45, 2.75) is 12.8 Å². The third kappa shape index (κ3) is 3.40. The molecule has 1 unspecified atom stereocenters. The Morgan fingerprint density at radius 1 is 1.29 bits per heavy atom. The molecule has 0 aromatic heterocycles. The van der Waals surface area contributed by atoms with Crippen LogP contribution in [0.5, 0.6) is 0 Å². The lowest BCUT2D eigenvalue weighted by molar-refractivity contribution is 0.118. The quantitative estimate of drug-likeness (QED) is 0.740. The molecule has 0 aromatic rings. The predicted octanol–water partition coefficient (Wildman–Crippen LogP) is -0.528. The molecule has 2 aliphatic rings. The average Bonchev–Trinajstić information content (AvgIpc) is 2.68. The zero-order valence-electron chi connectivity index (χ0n) is 10.2. The number of nitrogens with zero attached hydrogens (tertiary/aromatic N) is 1. The normalized spacial score (nSPS) is 34.6. The molecule has 0 radical (unpaired) electrons. The second-order valence-electron chi connectivity index (χ2n) is 5.29. The molecule has 0 aromatic carbocycles. The van der Waals surface area contributed by atoms with Gasteiger partial charge in [0.25, 0.3) is 0 Å². The van der Waals surface area contributed by atoms with Gasteiger partial charge in [-0.1, -0.05) is 0 Å². The van der Waals surface area contributed by atoms with Crippen molar-refractivity contribution in [2.75, 3.05) is 50.9 Å². The summed E-state index contributed by atoms with van der Waals surface area (Å²) in [6, 6.07) is 0. The Kier molecular flexibility index (Phi) is 4.07. The number of nitrogens with two attached hydrogens (primary N) is 1. The molecule has 2 rings (SSSR count). The third-order valence-electron chi connectivity index (χ3n) is 3.83. The SMILES string of the molecule is NCC1(CN2CCCS(=O)(=O)CC2)CCOC1. The fourth-order valence-corrected chi connectivity index (χ4v) is 3.93. The number of hydrogen-bond acceptors (Lipinski definition) is 5. The topological polar surface area (TPSA) is 72.6 Å². The summed E-state index contributed by atoms with van der Waals surface area (Å²) in [6.45, 7) is 4.50. The number of sulfone groups is 1. The Labute approximate surface area is 103 Å². The number of rotatable bonds is 3. The van der Waals surface area contributed by atoms with E-state index >= 15 is 0 Å². The minimum Gasteiger partial charge on any atom is -0.381 e. The minimum absolute atomic E-state index is 0.0497. The van der Waals surface area contributed by atoms with E-state index < -0.39 is 9.84 Å². The molecule has 5 nitrogen and oxygen atoms in total. The van der Waals surface area contributed by atoms with Crippen molar-refractivity contribution in [3.8, 4) is 0 Å². The van der Waals surface area contributed by atoms with E-state index in [9.17, 15) is 8.42 Å². The van der Waals surface area contributed by atoms with Crippen LogP contribution in [0.1, 0.15) is 12.8 Å². The maximum atomic E-state index is 11.5. The summed E-state index contributed by atoms with van der Waals surface area (Å²) < 4.78 is 28.5. The van der Waals surface area contributed by atoms with Crippen molar-refractivity contribution in [1.29, 1.82) is 0 Å². The summed E-state index contributed by atoms with van der Waals surface area (Å²) >= 11 is 0. The first-order chi connectivity index (χ1) is 8.05. The molecule has 0 bridgehead atoms. The fraction of sp³-hybridized carbons (Fsp3) is 1.00. The molecule has 2 saturated heterocycles. The predicted molar refractivity (Wildman–Crippen MR) is 66.6 cm³/mol. The second kappa shape index (κ2) is 5.22. The first-order valence-corrected chi connectivity index (χ1v) is 8.08. The van der Waals surface area contributed by atoms with Crippen LogP contribution in [0.2, 0.25) is 0 Å². The van der Waals surface area contributed by atoms with Gasteiger partial charge in [0.15, 0.2) is 9.84 Å². The Balaban J connectivity index is 1.94. The third-order valence-corrected chi connectivity index (χ3v) is 5.54. The van der Waals surface area contributed by atoms with Crippen molar-refractivity contribution in [2.24, 2.45) is 11.1 Å². The lowest BCUT2D eigenvalue weighted by atomic mass is 9.87. The lowest BCUT2D eigenvalue weighted by Crippen LogP contribution is -2.44. The van der Waals surface area contributed by atoms with Crippen molar-refractivity contribution < 1.29 is 13.2 Å². The molecule has 2 aliphatic heterocycles. The van der Waals surface area contributed by atoms with Crippen LogP contribution in [0.4, 0.5) is 0 Å². The van der Waals surface area contributed by atoms with E-state index in [4.69, 9.17) is 10.5 Å². The summed E-state index contributed by atoms with van der Waals surface area (Å²) in [5.74, 6) is 0.615. The van der Waals surface area contributed by atoms with E-state index in [0.29, 0.717) is 25.4 Å². The second-order valence-corrected chi connectivity index (χ2v) is 7.59. The highest BCUT2D eigenvalue weighted by Gasteiger charge is 2.36. The van der Waals surface area contributed by atoms with Crippen LogP contribution in [0.15, 0.2) is 0 Å². The highest BCUT2D eigenvalue weighted by Crippen LogP contribution is 2.28. The molecule has 2 N–H and O–H groups in total. The molecule has 100 valence electrons. The van der Waals surface area contributed by atoms with Crippen LogP contribution < -0.4 is 5.73 Å². The van der Waals surface area contributed by atoms with Gasteiger partial charge in [0.05, 0.1) is 18.1 Å². The van der Waals surface area contributed by atoms with Gasteiger partial charge in [-0.15, -0.1) is 0 Å². The number of ether oxygens (including phenoxy) is 1. The zero-order chi connectivity index (χ0) is 12.4. The molecule has 0 aliphatic carbocycles. The summed E-state index contributed by atoms with van der Waals surface area (Å²) in [5, 5.41) is 0. The number of hydrogen-bond donors (Lipinski definition) is 1. The fourth-order valence-electron chi connectivity index (χ4n) is 2.62. The van der Waals surface area contributed by atoms with Crippen molar-refractivity contribution in [3.63, 3.8) is 0 Å². The minimum atomic E-state index is -2.82. The van der Waals surface area contributed by atoms with E-state index in [1.165, 1.54) is 0 Å². The monoisotopic (exact) mass is 262 g/mol. The average molecular weight is 262 g/mol. The highest BCUT2D eigenvalue weighted by atomic mass is 32.2. The van der Waals surface area contributed by atoms with Crippen LogP contribution in [0.25, 0.3) is 0 Å². The Hall–Kier alpha value is -0.170. The molecule has 0 spiro atoms. The van der Waals surface area contributed by atoms with E-state index in [1.807, 2.05) is 0 Å². The molecule has 17 heavy (non-hydrogen) atoms. The molecule has 0 saturated carbocycles. The van der Waals surface area contributed by atoms with E-state index in [1.54, 1.807) is 0 Å². The summed E-state index contributed by atoms with van der Waals surface area (Å²) in [6.07, 6.45) is 1.73. The summed E-state index contributed by atoms with van der Waals surface area (Å²) in [7, 11) is -2.82. The van der Waals surface area contributed by atoms with E-state index in [0.717, 1.165) is 32.5 Å². The Morgan fingerprint density at radius 3 is 2.76 bits per heavy atom. The van der Waals surface area contributed by atoms with Gasteiger partial charge in [0.2, 0.25) is 0 Å². The molecule has 6 heteroatoms. The molecule has 2 fully saturated rings. The van der Waals surface area contributed by atoms with Gasteiger partial charge in [-0.2, -0.15) is 0 Å². The molecule has 1 atom stereocenters. The largest absolute Gasteiger partial charge is 0.381 e. The molecule has 2 heterocycles. The zero-order valence-corrected chi connectivity index (χ0v) is 11.0. The first kappa shape index (κ1) is 13.3. The van der Waals surface area contributed by atoms with Gasteiger partial charge in [0, 0.05) is 31.7 Å². The molecular weight excluding hydrogens is 240 g/mol. The van der Waals surface area contributed by atoms with E-state index in [-0.39, 0.29) is 11.2 Å². The van der Waals surface area contributed by atoms with Crippen LogP contribution in [0.3, 0.4) is 0 Å². The van der Waals surface area contributed by atoms with Crippen molar-refractivity contribution in [1.82, 2.24) is 4.90 Å². The molecular formula is C11H22N2O3S. The first-order valence-electron chi connectivity index (χ1n) is 6.26. The van der Waals surface area contributed by atoms with Gasteiger partial charge in [-0.05, 0) is 19.4 Å². The van der Waals surface area contributed by atoms with Crippen LogP contribution in [-0.2, 0) is 14.6 Å². The standard InChI is InChI=1S/C11H22N2O3S/c12-8-11(2-5-16-10-11)9-13-3-1-6-17(14,15)7-4-13/h1-10,12H2. The smallest absolute Gasteiger partial charge is 0.151 e. The summed E-state index contributed by atoms with van der Waals surface area (Å²) in [4.78, 5) is 2.24. The van der Waals surface area contributed by atoms with Crippen LogP contribution in [0, 0.1) is 5.41 Å². The van der Waals surface area contributed by atoms with Gasteiger partial charge in [0.1, 0.15) is 0 Å². The van der Waals surface area contributed by atoms with Gasteiger partial charge < -0.3 is 15.4 Å². The lowest BCUT2D eigenvalue weighted by Gasteiger charge is -2.32. The van der Waals surface area contributed by atoms with Crippen LogP contribution >= 0.6 is 0 Å². The van der Waals surface area contributed by atoms with E-state index in [2.05, 4.69) is 4.90 Å². The van der Waals surface area contributed by atoms with Gasteiger partial charge in [-0.25, -0.2) is 8.42 Å². The van der Waals surface area contributed by atoms with Gasteiger partial charge in [-0.3, -0.25) is 0 Å².